The predicted octanol–water partition coefficient (Wildman–Crippen LogP) is 0.587. The number of carbonyl (C=O) groups is 1. The van der Waals surface area contributed by atoms with Crippen LogP contribution in [-0.4, -0.2) is 45.5 Å². The van der Waals surface area contributed by atoms with Crippen LogP contribution in [0.5, 0.6) is 0 Å². The maximum Gasteiger partial charge on any atom is 0.303 e. The molecule has 1 rings (SSSR count). The summed E-state index contributed by atoms with van der Waals surface area (Å²) in [6.07, 6.45) is 3.00. The highest BCUT2D eigenvalue weighted by Crippen LogP contribution is 2.43. The average Bonchev–Trinajstić information content (AvgIpc) is 2.22. The van der Waals surface area contributed by atoms with Gasteiger partial charge in [-0.15, -0.1) is 0 Å². The molecule has 0 aliphatic heterocycles. The fourth-order valence-electron chi connectivity index (χ4n) is 2.14. The number of methoxy groups -OCH3 is 1. The quantitative estimate of drug-likeness (QED) is 0.602. The van der Waals surface area contributed by atoms with Crippen LogP contribution in [-0.2, 0) is 19.6 Å². The van der Waals surface area contributed by atoms with E-state index in [1.165, 1.54) is 7.11 Å². The zero-order valence-electron chi connectivity index (χ0n) is 10.6. The Morgan fingerprint density at radius 2 is 2.11 bits per heavy atom. The van der Waals surface area contributed by atoms with E-state index in [-0.39, 0.29) is 24.1 Å². The Bertz CT molecular complexity index is 375. The highest BCUT2D eigenvalue weighted by molar-refractivity contribution is 7.89. The van der Waals surface area contributed by atoms with Gasteiger partial charge in [0.1, 0.15) is 0 Å². The van der Waals surface area contributed by atoms with E-state index in [4.69, 9.17) is 9.84 Å². The molecule has 1 aliphatic rings. The van der Waals surface area contributed by atoms with Gasteiger partial charge in [0, 0.05) is 20.3 Å². The van der Waals surface area contributed by atoms with E-state index in [9.17, 15) is 13.2 Å². The van der Waals surface area contributed by atoms with Gasteiger partial charge in [0.2, 0.25) is 10.0 Å². The van der Waals surface area contributed by atoms with Crippen molar-refractivity contribution in [2.24, 2.45) is 5.41 Å². The molecule has 2 N–H and O–H groups in total. The molecule has 0 aromatic carbocycles. The van der Waals surface area contributed by atoms with Crippen LogP contribution in [0.2, 0.25) is 0 Å². The Kier molecular flexibility index (Phi) is 5.55. The minimum atomic E-state index is -3.32. The Hall–Kier alpha value is -0.660. The third-order valence-electron chi connectivity index (χ3n) is 3.37. The number of ether oxygens (including phenoxy) is 1. The van der Waals surface area contributed by atoms with E-state index in [1.54, 1.807) is 0 Å². The second-order valence-electron chi connectivity index (χ2n) is 4.91. The van der Waals surface area contributed by atoms with Gasteiger partial charge in [-0.1, -0.05) is 6.42 Å². The monoisotopic (exact) mass is 279 g/mol. The van der Waals surface area contributed by atoms with Crippen molar-refractivity contribution in [2.75, 3.05) is 26.0 Å². The molecule has 0 radical (unpaired) electrons. The first-order valence-corrected chi connectivity index (χ1v) is 7.72. The van der Waals surface area contributed by atoms with Gasteiger partial charge in [0.15, 0.2) is 0 Å². The van der Waals surface area contributed by atoms with E-state index in [0.29, 0.717) is 13.0 Å². The molecule has 1 aliphatic carbocycles. The molecule has 0 atom stereocenters. The molecule has 106 valence electrons. The van der Waals surface area contributed by atoms with Gasteiger partial charge in [-0.2, -0.15) is 0 Å². The highest BCUT2D eigenvalue weighted by Gasteiger charge is 2.39. The number of nitrogens with one attached hydrogen (secondary N) is 1. The number of rotatable bonds is 9. The summed E-state index contributed by atoms with van der Waals surface area (Å²) in [5.41, 5.74) is -0.375. The van der Waals surface area contributed by atoms with Gasteiger partial charge >= 0.3 is 5.97 Å². The molecule has 1 saturated carbocycles. The van der Waals surface area contributed by atoms with E-state index in [0.717, 1.165) is 19.3 Å². The molecule has 0 amide bonds. The van der Waals surface area contributed by atoms with Gasteiger partial charge in [-0.05, 0) is 24.7 Å². The van der Waals surface area contributed by atoms with Crippen LogP contribution < -0.4 is 4.72 Å². The number of hydrogen-bond donors (Lipinski definition) is 2. The molecule has 0 aromatic rings. The normalized spacial score (nSPS) is 18.3. The molecular formula is C11H21NO5S. The van der Waals surface area contributed by atoms with Gasteiger partial charge in [0.25, 0.3) is 0 Å². The molecule has 6 nitrogen and oxygen atoms in total. The number of aliphatic carboxylic acids is 1. The maximum atomic E-state index is 11.7. The second-order valence-corrected chi connectivity index (χ2v) is 6.84. The SMILES string of the molecule is COCCCS(=O)(=O)NCC1(CC(=O)O)CCC1. The molecule has 0 saturated heterocycles. The van der Waals surface area contributed by atoms with Gasteiger partial charge < -0.3 is 9.84 Å². The zero-order valence-corrected chi connectivity index (χ0v) is 11.5. The third kappa shape index (κ3) is 4.91. The van der Waals surface area contributed by atoms with Crippen LogP contribution in [0.15, 0.2) is 0 Å². The standard InChI is InChI=1S/C11H21NO5S/c1-17-6-3-7-18(15,16)12-9-11(4-2-5-11)8-10(13)14/h12H,2-9H2,1H3,(H,13,14). The number of carboxylic acids is 1. The second kappa shape index (κ2) is 6.49. The fourth-order valence-corrected chi connectivity index (χ4v) is 3.31. The fraction of sp³-hybridized carbons (Fsp3) is 0.909. The van der Waals surface area contributed by atoms with Crippen LogP contribution in [0, 0.1) is 5.41 Å². The Balaban J connectivity index is 2.40. The largest absolute Gasteiger partial charge is 0.481 e. The van der Waals surface area contributed by atoms with Crippen LogP contribution in [0.25, 0.3) is 0 Å². The molecule has 0 spiro atoms. The summed E-state index contributed by atoms with van der Waals surface area (Å²) in [7, 11) is -1.80. The van der Waals surface area contributed by atoms with Crippen molar-refractivity contribution >= 4 is 16.0 Å². The lowest BCUT2D eigenvalue weighted by Crippen LogP contribution is -2.44. The first-order valence-electron chi connectivity index (χ1n) is 6.07. The van der Waals surface area contributed by atoms with Gasteiger partial charge in [0.05, 0.1) is 12.2 Å². The molecule has 0 unspecified atom stereocenters. The molecule has 7 heteroatoms. The van der Waals surface area contributed by atoms with Gasteiger partial charge in [-0.3, -0.25) is 4.79 Å². The van der Waals surface area contributed by atoms with Crippen LogP contribution in [0.4, 0.5) is 0 Å². The smallest absolute Gasteiger partial charge is 0.303 e. The summed E-state index contributed by atoms with van der Waals surface area (Å²) >= 11 is 0. The van der Waals surface area contributed by atoms with Crippen molar-refractivity contribution in [3.63, 3.8) is 0 Å². The lowest BCUT2D eigenvalue weighted by atomic mass is 9.67. The molecule has 18 heavy (non-hydrogen) atoms. The van der Waals surface area contributed by atoms with Crippen molar-refractivity contribution in [3.05, 3.63) is 0 Å². The summed E-state index contributed by atoms with van der Waals surface area (Å²) in [5.74, 6) is -0.849. The molecule has 0 heterocycles. The lowest BCUT2D eigenvalue weighted by molar-refractivity contribution is -0.141. The van der Waals surface area contributed by atoms with Crippen LogP contribution in [0.3, 0.4) is 0 Å². The van der Waals surface area contributed by atoms with Crippen LogP contribution >= 0.6 is 0 Å². The molecular weight excluding hydrogens is 258 g/mol. The summed E-state index contributed by atoms with van der Waals surface area (Å²) in [6.45, 7) is 0.635. The van der Waals surface area contributed by atoms with E-state index >= 15 is 0 Å². The molecule has 0 aromatic heterocycles. The Morgan fingerprint density at radius 1 is 1.44 bits per heavy atom. The minimum Gasteiger partial charge on any atom is -0.481 e. The summed E-state index contributed by atoms with van der Waals surface area (Å²) < 4.78 is 30.6. The van der Waals surface area contributed by atoms with Crippen molar-refractivity contribution in [2.45, 2.75) is 32.1 Å². The Morgan fingerprint density at radius 3 is 2.56 bits per heavy atom. The first-order chi connectivity index (χ1) is 8.39. The zero-order chi connectivity index (χ0) is 13.6. The van der Waals surface area contributed by atoms with Crippen molar-refractivity contribution in [1.82, 2.24) is 4.72 Å². The minimum absolute atomic E-state index is 0.0178. The first kappa shape index (κ1) is 15.4. The van der Waals surface area contributed by atoms with Crippen molar-refractivity contribution < 1.29 is 23.1 Å². The molecule has 1 fully saturated rings. The van der Waals surface area contributed by atoms with Crippen molar-refractivity contribution in [3.8, 4) is 0 Å². The lowest BCUT2D eigenvalue weighted by Gasteiger charge is -2.40. The third-order valence-corrected chi connectivity index (χ3v) is 4.78. The number of hydrogen-bond acceptors (Lipinski definition) is 4. The predicted molar refractivity (Wildman–Crippen MR) is 66.8 cm³/mol. The van der Waals surface area contributed by atoms with E-state index in [1.807, 2.05) is 0 Å². The number of carboxylic acid groups (broad SMARTS) is 1. The number of sulfonamides is 1. The average molecular weight is 279 g/mol. The van der Waals surface area contributed by atoms with E-state index < -0.39 is 16.0 Å². The van der Waals surface area contributed by atoms with E-state index in [2.05, 4.69) is 4.72 Å². The summed E-state index contributed by atoms with van der Waals surface area (Å²) in [4.78, 5) is 10.7. The molecule has 0 bridgehead atoms. The van der Waals surface area contributed by atoms with Crippen LogP contribution in [0.1, 0.15) is 32.1 Å². The Labute approximate surface area is 108 Å². The van der Waals surface area contributed by atoms with Crippen molar-refractivity contribution in [1.29, 1.82) is 0 Å². The topological polar surface area (TPSA) is 92.7 Å². The summed E-state index contributed by atoms with van der Waals surface area (Å²) in [5, 5.41) is 8.82. The summed E-state index contributed by atoms with van der Waals surface area (Å²) in [6, 6.07) is 0. The van der Waals surface area contributed by atoms with Gasteiger partial charge in [-0.25, -0.2) is 13.1 Å². The maximum absolute atomic E-state index is 11.7. The highest BCUT2D eigenvalue weighted by atomic mass is 32.2.